The van der Waals surface area contributed by atoms with Gasteiger partial charge in [-0.05, 0) is 42.3 Å². The molecule has 1 amide bonds. The first-order valence-electron chi connectivity index (χ1n) is 10.9. The molecule has 0 saturated carbocycles. The van der Waals surface area contributed by atoms with E-state index in [1.807, 2.05) is 13.0 Å². The number of amides is 1. The molecular weight excluding hydrogens is 463 g/mol. The van der Waals surface area contributed by atoms with E-state index in [9.17, 15) is 18.0 Å². The van der Waals surface area contributed by atoms with Gasteiger partial charge in [-0.1, -0.05) is 12.1 Å². The lowest BCUT2D eigenvalue weighted by atomic mass is 10.0. The van der Waals surface area contributed by atoms with Crippen molar-refractivity contribution in [3.8, 4) is 11.1 Å². The minimum atomic E-state index is -3.69. The highest BCUT2D eigenvalue weighted by Crippen LogP contribution is 2.29. The van der Waals surface area contributed by atoms with Gasteiger partial charge in [0.25, 0.3) is 5.91 Å². The topological polar surface area (TPSA) is 98.3 Å². The molecule has 11 heteroatoms. The van der Waals surface area contributed by atoms with Gasteiger partial charge < -0.3 is 20.1 Å². The maximum atomic E-state index is 13.6. The Morgan fingerprint density at radius 3 is 2.71 bits per heavy atom. The summed E-state index contributed by atoms with van der Waals surface area (Å²) >= 11 is 0. The number of ether oxygens (including phenoxy) is 2. The van der Waals surface area contributed by atoms with Crippen LogP contribution in [0.15, 0.2) is 48.8 Å². The van der Waals surface area contributed by atoms with Crippen LogP contribution < -0.4 is 10.6 Å². The summed E-state index contributed by atoms with van der Waals surface area (Å²) in [4.78, 5) is 24.3. The Labute approximate surface area is 199 Å². The van der Waals surface area contributed by atoms with Crippen molar-refractivity contribution < 1.29 is 27.4 Å². The molecule has 0 bridgehead atoms. The van der Waals surface area contributed by atoms with Crippen LogP contribution in [0.25, 0.3) is 11.1 Å². The van der Waals surface area contributed by atoms with Crippen molar-refractivity contribution in [1.82, 2.24) is 20.3 Å². The number of hydrogen-bond donors (Lipinski definition) is 2. The van der Waals surface area contributed by atoms with E-state index in [2.05, 4.69) is 25.6 Å². The fraction of sp³-hybridized carbons (Fsp3) is 0.333. The van der Waals surface area contributed by atoms with Crippen LogP contribution in [0, 0.1) is 6.92 Å². The summed E-state index contributed by atoms with van der Waals surface area (Å²) in [5, 5.41) is 5.67. The lowest BCUT2D eigenvalue weighted by molar-refractivity contribution is -0.0855. The van der Waals surface area contributed by atoms with E-state index in [1.54, 1.807) is 30.5 Å². The molecular formula is C24H24F3N5O3. The van der Waals surface area contributed by atoms with Gasteiger partial charge in [-0.15, -0.1) is 0 Å². The quantitative estimate of drug-likeness (QED) is 0.499. The highest BCUT2D eigenvalue weighted by atomic mass is 19.3. The molecule has 1 saturated heterocycles. The first-order chi connectivity index (χ1) is 16.8. The monoisotopic (exact) mass is 487 g/mol. The van der Waals surface area contributed by atoms with Crippen molar-refractivity contribution in [3.63, 3.8) is 0 Å². The summed E-state index contributed by atoms with van der Waals surface area (Å²) in [6.07, 6.45) is 2.54. The number of carbonyl (C=O) groups excluding carboxylic acids is 1. The Balaban J connectivity index is 1.46. The van der Waals surface area contributed by atoms with E-state index in [1.165, 1.54) is 0 Å². The molecule has 8 nitrogen and oxygen atoms in total. The molecule has 35 heavy (non-hydrogen) atoms. The van der Waals surface area contributed by atoms with Crippen molar-refractivity contribution >= 4 is 17.5 Å². The molecule has 2 N–H and O–H groups in total. The predicted molar refractivity (Wildman–Crippen MR) is 122 cm³/mol. The maximum Gasteiger partial charge on any atom is 0.317 e. The van der Waals surface area contributed by atoms with Crippen LogP contribution >= 0.6 is 0 Å². The summed E-state index contributed by atoms with van der Waals surface area (Å²) in [5.74, 6) is -4.09. The fourth-order valence-electron chi connectivity index (χ4n) is 3.49. The molecule has 0 spiro atoms. The second kappa shape index (κ2) is 10.8. The van der Waals surface area contributed by atoms with Crippen LogP contribution in [0.2, 0.25) is 0 Å². The number of benzene rings is 1. The molecule has 0 aliphatic carbocycles. The molecule has 1 unspecified atom stereocenters. The molecule has 2 aromatic heterocycles. The summed E-state index contributed by atoms with van der Waals surface area (Å²) < 4.78 is 50.8. The van der Waals surface area contributed by atoms with Crippen molar-refractivity contribution in [1.29, 1.82) is 0 Å². The first-order valence-corrected chi connectivity index (χ1v) is 10.9. The highest BCUT2D eigenvalue weighted by Gasteiger charge is 2.33. The Kier molecular flexibility index (Phi) is 7.57. The number of hydrogen-bond acceptors (Lipinski definition) is 7. The van der Waals surface area contributed by atoms with Crippen LogP contribution in [0.4, 0.5) is 24.8 Å². The van der Waals surface area contributed by atoms with Gasteiger partial charge in [-0.25, -0.2) is 14.4 Å². The average molecular weight is 487 g/mol. The van der Waals surface area contributed by atoms with E-state index in [0.717, 1.165) is 29.0 Å². The normalized spacial score (nSPS) is 16.1. The number of pyridine rings is 1. The molecule has 1 aromatic carbocycles. The van der Waals surface area contributed by atoms with Crippen molar-refractivity contribution in [3.05, 3.63) is 65.7 Å². The molecule has 3 aromatic rings. The van der Waals surface area contributed by atoms with Crippen LogP contribution in [-0.4, -0.2) is 60.0 Å². The Bertz CT molecular complexity index is 1170. The average Bonchev–Trinajstić information content (AvgIpc) is 2.88. The minimum absolute atomic E-state index is 0.0790. The molecule has 184 valence electrons. The van der Waals surface area contributed by atoms with Crippen molar-refractivity contribution in [2.24, 2.45) is 0 Å². The Morgan fingerprint density at radius 1 is 1.14 bits per heavy atom. The SMILES string of the molecule is Cc1cc(Nc2nccc(C(F)(F)CF)n2)cc(-c2ccc(C(=O)NCC3COCCO3)nc2)c1. The Morgan fingerprint density at radius 2 is 2.00 bits per heavy atom. The second-order valence-electron chi connectivity index (χ2n) is 8.03. The third kappa shape index (κ3) is 6.31. The van der Waals surface area contributed by atoms with Crippen molar-refractivity contribution in [2.45, 2.75) is 19.0 Å². The van der Waals surface area contributed by atoms with Gasteiger partial charge >= 0.3 is 5.92 Å². The van der Waals surface area contributed by atoms with E-state index in [-0.39, 0.29) is 23.7 Å². The van der Waals surface area contributed by atoms with Gasteiger partial charge in [0.1, 0.15) is 11.4 Å². The highest BCUT2D eigenvalue weighted by molar-refractivity contribution is 5.92. The summed E-state index contributed by atoms with van der Waals surface area (Å²) in [7, 11) is 0. The first kappa shape index (κ1) is 24.6. The van der Waals surface area contributed by atoms with E-state index < -0.39 is 18.3 Å². The number of alkyl halides is 3. The molecule has 4 rings (SSSR count). The smallest absolute Gasteiger partial charge is 0.317 e. The number of aromatic nitrogens is 3. The van der Waals surface area contributed by atoms with Crippen LogP contribution in [0.1, 0.15) is 21.7 Å². The molecule has 1 atom stereocenters. The number of anilines is 2. The number of nitrogens with one attached hydrogen (secondary N) is 2. The van der Waals surface area contributed by atoms with E-state index >= 15 is 0 Å². The largest absolute Gasteiger partial charge is 0.376 e. The summed E-state index contributed by atoms with van der Waals surface area (Å²) in [6.45, 7) is 1.84. The van der Waals surface area contributed by atoms with E-state index in [0.29, 0.717) is 32.1 Å². The molecule has 1 fully saturated rings. The van der Waals surface area contributed by atoms with Crippen molar-refractivity contribution in [2.75, 3.05) is 38.4 Å². The molecule has 1 aliphatic heterocycles. The molecule has 3 heterocycles. The number of halogens is 3. The number of rotatable bonds is 8. The van der Waals surface area contributed by atoms with Crippen LogP contribution in [0.3, 0.4) is 0 Å². The van der Waals surface area contributed by atoms with Gasteiger partial charge in [0.2, 0.25) is 5.95 Å². The lowest BCUT2D eigenvalue weighted by Gasteiger charge is -2.22. The van der Waals surface area contributed by atoms with Gasteiger partial charge in [0.15, 0.2) is 6.67 Å². The minimum Gasteiger partial charge on any atom is -0.376 e. The standard InChI is InChI=1S/C24H24F3N5O3/c1-15-8-17(10-18(9-15)31-23-28-5-4-21(32-23)24(26,27)14-25)16-2-3-20(29-11-16)22(33)30-12-19-13-34-6-7-35-19/h2-5,8-11,19H,6-7,12-14H2,1H3,(H,30,33)(H,28,31,32). The predicted octanol–water partition coefficient (Wildman–Crippen LogP) is 3.80. The zero-order valence-electron chi connectivity index (χ0n) is 18.9. The zero-order valence-corrected chi connectivity index (χ0v) is 18.9. The third-order valence-corrected chi connectivity index (χ3v) is 5.24. The number of aryl methyl sites for hydroxylation is 1. The second-order valence-corrected chi connectivity index (χ2v) is 8.03. The third-order valence-electron chi connectivity index (χ3n) is 5.24. The van der Waals surface area contributed by atoms with Gasteiger partial charge in [0, 0.05) is 30.2 Å². The van der Waals surface area contributed by atoms with Gasteiger partial charge in [0.05, 0.1) is 25.9 Å². The molecule has 1 aliphatic rings. The number of nitrogens with zero attached hydrogens (tertiary/aromatic N) is 3. The number of carbonyl (C=O) groups is 1. The van der Waals surface area contributed by atoms with Crippen LogP contribution in [0.5, 0.6) is 0 Å². The van der Waals surface area contributed by atoms with Gasteiger partial charge in [-0.3, -0.25) is 9.78 Å². The summed E-state index contributed by atoms with van der Waals surface area (Å²) in [6, 6.07) is 9.83. The summed E-state index contributed by atoms with van der Waals surface area (Å²) in [5.41, 5.74) is 2.52. The van der Waals surface area contributed by atoms with Crippen LogP contribution in [-0.2, 0) is 15.4 Å². The zero-order chi connectivity index (χ0) is 24.8. The molecule has 0 radical (unpaired) electrons. The van der Waals surface area contributed by atoms with E-state index in [4.69, 9.17) is 9.47 Å². The lowest BCUT2D eigenvalue weighted by Crippen LogP contribution is -2.39. The Hall–Kier alpha value is -3.57. The maximum absolute atomic E-state index is 13.6. The fourth-order valence-corrected chi connectivity index (χ4v) is 3.49. The van der Waals surface area contributed by atoms with Gasteiger partial charge in [-0.2, -0.15) is 8.78 Å².